The monoisotopic (exact) mass is 441 g/mol. The van der Waals surface area contributed by atoms with Crippen LogP contribution in [0.5, 0.6) is 0 Å². The van der Waals surface area contributed by atoms with Crippen molar-refractivity contribution in [2.45, 2.75) is 77.4 Å². The van der Waals surface area contributed by atoms with Crippen molar-refractivity contribution in [2.24, 2.45) is 28.6 Å². The largest absolute Gasteiger partial charge is 0.388 e. The molecule has 3 nitrogen and oxygen atoms in total. The molecule has 0 aliphatic heterocycles. The molecule has 6 atom stereocenters. The zero-order chi connectivity index (χ0) is 21.9. The van der Waals surface area contributed by atoms with Gasteiger partial charge in [-0.2, -0.15) is 0 Å². The van der Waals surface area contributed by atoms with Gasteiger partial charge in [0.05, 0.1) is 5.60 Å². The molecule has 0 amide bonds. The molecule has 3 fully saturated rings. The predicted octanol–water partition coefficient (Wildman–Crippen LogP) is 5.69. The van der Waals surface area contributed by atoms with Gasteiger partial charge in [0.1, 0.15) is 5.78 Å². The summed E-state index contributed by atoms with van der Waals surface area (Å²) in [6.45, 7) is 6.03. The number of carbonyl (C=O) groups is 1. The molecule has 4 aliphatic rings. The van der Waals surface area contributed by atoms with Crippen LogP contribution in [0.25, 0.3) is 0 Å². The van der Waals surface area contributed by atoms with Crippen molar-refractivity contribution in [2.75, 3.05) is 6.54 Å². The highest BCUT2D eigenvalue weighted by atomic mass is 35.5. The molecule has 2 N–H and O–H groups in total. The van der Waals surface area contributed by atoms with Gasteiger partial charge in [-0.15, -0.1) is 0 Å². The molecule has 0 bridgehead atoms. The third-order valence-electron chi connectivity index (χ3n) is 9.64. The van der Waals surface area contributed by atoms with E-state index in [1.165, 1.54) is 12.0 Å². The first-order valence-corrected chi connectivity index (χ1v) is 12.5. The van der Waals surface area contributed by atoms with Crippen molar-refractivity contribution in [3.63, 3.8) is 0 Å². The van der Waals surface area contributed by atoms with Crippen molar-refractivity contribution < 1.29 is 9.90 Å². The SMILES string of the molecule is CC12CCC3C(CC=C4CC(O)(CNCc5cccc(Cl)c5)CCC43C)C1CCC2=O. The fourth-order valence-corrected chi connectivity index (χ4v) is 7.93. The molecule has 6 unspecified atom stereocenters. The van der Waals surface area contributed by atoms with E-state index in [0.29, 0.717) is 30.1 Å². The van der Waals surface area contributed by atoms with Crippen LogP contribution in [0.2, 0.25) is 5.02 Å². The molecular formula is C27H36ClNO2. The van der Waals surface area contributed by atoms with Crippen LogP contribution in [-0.4, -0.2) is 23.0 Å². The molecule has 1 aromatic rings. The first-order chi connectivity index (χ1) is 14.7. The number of aliphatic hydroxyl groups is 1. The normalized spacial score (nSPS) is 41.9. The van der Waals surface area contributed by atoms with Gasteiger partial charge < -0.3 is 10.4 Å². The minimum atomic E-state index is -0.677. The lowest BCUT2D eigenvalue weighted by atomic mass is 9.47. The second kappa shape index (κ2) is 7.71. The summed E-state index contributed by atoms with van der Waals surface area (Å²) in [7, 11) is 0. The second-order valence-electron chi connectivity index (χ2n) is 11.3. The lowest BCUT2D eigenvalue weighted by Crippen LogP contribution is -2.53. The first kappa shape index (κ1) is 21.7. The van der Waals surface area contributed by atoms with Crippen molar-refractivity contribution >= 4 is 17.4 Å². The van der Waals surface area contributed by atoms with Crippen LogP contribution in [0, 0.1) is 28.6 Å². The van der Waals surface area contributed by atoms with Crippen LogP contribution in [0.4, 0.5) is 0 Å². The van der Waals surface area contributed by atoms with Gasteiger partial charge >= 0.3 is 0 Å². The van der Waals surface area contributed by atoms with E-state index in [4.69, 9.17) is 11.6 Å². The third kappa shape index (κ3) is 3.61. The maximum atomic E-state index is 12.6. The number of carbonyl (C=O) groups excluding carboxylic acids is 1. The number of halogens is 1. The minimum absolute atomic E-state index is 0.0669. The number of benzene rings is 1. The molecule has 0 radical (unpaired) electrons. The summed E-state index contributed by atoms with van der Waals surface area (Å²) in [4.78, 5) is 12.6. The molecule has 4 aliphatic carbocycles. The van der Waals surface area contributed by atoms with Gasteiger partial charge in [-0.05, 0) is 85.8 Å². The van der Waals surface area contributed by atoms with E-state index in [1.807, 2.05) is 18.2 Å². The van der Waals surface area contributed by atoms with E-state index in [1.54, 1.807) is 0 Å². The number of Topliss-reactive ketones (excluding diaryl/α,β-unsaturated/α-hetero) is 1. The topological polar surface area (TPSA) is 49.3 Å². The molecular weight excluding hydrogens is 406 g/mol. The Hall–Kier alpha value is -1.16. The van der Waals surface area contributed by atoms with Gasteiger partial charge in [0.25, 0.3) is 0 Å². The Balaban J connectivity index is 1.28. The number of hydrogen-bond donors (Lipinski definition) is 2. The summed E-state index contributed by atoms with van der Waals surface area (Å²) in [6.07, 6.45) is 10.3. The maximum absolute atomic E-state index is 12.6. The number of ketones is 1. The van der Waals surface area contributed by atoms with E-state index in [9.17, 15) is 9.90 Å². The summed E-state index contributed by atoms with van der Waals surface area (Å²) in [5, 5.41) is 15.6. The molecule has 168 valence electrons. The molecule has 3 saturated carbocycles. The lowest BCUT2D eigenvalue weighted by Gasteiger charge is -2.58. The Bertz CT molecular complexity index is 912. The molecule has 4 heteroatoms. The molecule has 1 aromatic carbocycles. The number of allylic oxidation sites excluding steroid dienone is 1. The highest BCUT2D eigenvalue weighted by molar-refractivity contribution is 6.30. The fraction of sp³-hybridized carbons (Fsp3) is 0.667. The number of hydrogen-bond acceptors (Lipinski definition) is 3. The Morgan fingerprint density at radius 1 is 1.13 bits per heavy atom. The number of nitrogens with one attached hydrogen (secondary N) is 1. The standard InChI is InChI=1S/C27H36ClNO2/c1-25-12-13-27(31,17-29-16-18-4-3-5-20(28)14-18)15-19(25)6-7-21-22-8-9-24(30)26(22,2)11-10-23(21)25/h3-6,14,21-23,29,31H,7-13,15-17H2,1-2H3. The Morgan fingerprint density at radius 3 is 2.74 bits per heavy atom. The lowest BCUT2D eigenvalue weighted by molar-refractivity contribution is -0.132. The maximum Gasteiger partial charge on any atom is 0.139 e. The van der Waals surface area contributed by atoms with E-state index in [2.05, 4.69) is 31.3 Å². The zero-order valence-electron chi connectivity index (χ0n) is 18.9. The predicted molar refractivity (Wildman–Crippen MR) is 125 cm³/mol. The zero-order valence-corrected chi connectivity index (χ0v) is 19.7. The van der Waals surface area contributed by atoms with Crippen molar-refractivity contribution in [1.82, 2.24) is 5.32 Å². The quantitative estimate of drug-likeness (QED) is 0.590. The van der Waals surface area contributed by atoms with Gasteiger partial charge in [-0.25, -0.2) is 0 Å². The average Bonchev–Trinajstić information content (AvgIpc) is 3.04. The Labute approximate surface area is 191 Å². The highest BCUT2D eigenvalue weighted by Crippen LogP contribution is 2.64. The fourth-order valence-electron chi connectivity index (χ4n) is 7.72. The molecule has 0 saturated heterocycles. The number of fused-ring (bicyclic) bond motifs is 5. The molecule has 31 heavy (non-hydrogen) atoms. The van der Waals surface area contributed by atoms with E-state index >= 15 is 0 Å². The van der Waals surface area contributed by atoms with Crippen LogP contribution < -0.4 is 5.32 Å². The van der Waals surface area contributed by atoms with E-state index < -0.39 is 5.60 Å². The van der Waals surface area contributed by atoms with E-state index in [0.717, 1.165) is 62.1 Å². The van der Waals surface area contributed by atoms with Gasteiger partial charge in [0, 0.05) is 29.9 Å². The summed E-state index contributed by atoms with van der Waals surface area (Å²) in [5.41, 5.74) is 2.06. The van der Waals surface area contributed by atoms with Crippen LogP contribution in [-0.2, 0) is 11.3 Å². The average molecular weight is 442 g/mol. The van der Waals surface area contributed by atoms with E-state index in [-0.39, 0.29) is 10.8 Å². The van der Waals surface area contributed by atoms with Crippen LogP contribution in [0.15, 0.2) is 35.9 Å². The Kier molecular flexibility index (Phi) is 5.39. The smallest absolute Gasteiger partial charge is 0.139 e. The van der Waals surface area contributed by atoms with Crippen molar-refractivity contribution in [3.05, 3.63) is 46.5 Å². The van der Waals surface area contributed by atoms with Gasteiger partial charge in [0.15, 0.2) is 0 Å². The van der Waals surface area contributed by atoms with Gasteiger partial charge in [-0.3, -0.25) is 4.79 Å². The highest BCUT2D eigenvalue weighted by Gasteiger charge is 2.59. The molecule has 0 spiro atoms. The van der Waals surface area contributed by atoms with Crippen LogP contribution >= 0.6 is 11.6 Å². The first-order valence-electron chi connectivity index (χ1n) is 12.1. The summed E-state index contributed by atoms with van der Waals surface area (Å²) >= 11 is 6.09. The number of rotatable bonds is 4. The summed E-state index contributed by atoms with van der Waals surface area (Å²) in [6, 6.07) is 7.90. The second-order valence-corrected chi connectivity index (χ2v) is 11.7. The van der Waals surface area contributed by atoms with Crippen LogP contribution in [0.1, 0.15) is 70.8 Å². The molecule has 0 heterocycles. The third-order valence-corrected chi connectivity index (χ3v) is 9.87. The van der Waals surface area contributed by atoms with Crippen molar-refractivity contribution in [3.8, 4) is 0 Å². The Morgan fingerprint density at radius 2 is 1.94 bits per heavy atom. The van der Waals surface area contributed by atoms with Gasteiger partial charge in [-0.1, -0.05) is 49.2 Å². The summed E-state index contributed by atoms with van der Waals surface area (Å²) < 4.78 is 0. The van der Waals surface area contributed by atoms with Gasteiger partial charge in [0.2, 0.25) is 0 Å². The summed E-state index contributed by atoms with van der Waals surface area (Å²) in [5.74, 6) is 2.39. The molecule has 0 aromatic heterocycles. The minimum Gasteiger partial charge on any atom is -0.388 e. The molecule has 5 rings (SSSR count). The van der Waals surface area contributed by atoms with Crippen LogP contribution in [0.3, 0.4) is 0 Å². The van der Waals surface area contributed by atoms with Crippen molar-refractivity contribution in [1.29, 1.82) is 0 Å².